The van der Waals surface area contributed by atoms with E-state index in [0.29, 0.717) is 6.54 Å². The van der Waals surface area contributed by atoms with E-state index in [-0.39, 0.29) is 6.04 Å². The van der Waals surface area contributed by atoms with Crippen molar-refractivity contribution in [3.8, 4) is 0 Å². The van der Waals surface area contributed by atoms with Crippen LogP contribution in [0.2, 0.25) is 0 Å². The Morgan fingerprint density at radius 1 is 0.960 bits per heavy atom. The van der Waals surface area contributed by atoms with Crippen LogP contribution in [0.1, 0.15) is 70.6 Å². The monoisotopic (exact) mass is 374 g/mol. The first-order valence-electron chi connectivity index (χ1n) is 10.2. The van der Waals surface area contributed by atoms with E-state index in [2.05, 4.69) is 4.90 Å². The summed E-state index contributed by atoms with van der Waals surface area (Å²) in [5, 5.41) is 5.40. The van der Waals surface area contributed by atoms with Crippen LogP contribution in [0.4, 0.5) is 0 Å². The smallest absolute Gasteiger partial charge is 0.277 e. The highest BCUT2D eigenvalue weighted by molar-refractivity contribution is 7.86. The third-order valence-electron chi connectivity index (χ3n) is 5.83. The highest BCUT2D eigenvalue weighted by Crippen LogP contribution is 2.25. The van der Waals surface area contributed by atoms with E-state index in [1.54, 1.807) is 0 Å². The summed E-state index contributed by atoms with van der Waals surface area (Å²) in [5.41, 5.74) is 5.71. The summed E-state index contributed by atoms with van der Waals surface area (Å²) in [6.45, 7) is 4.62. The van der Waals surface area contributed by atoms with Crippen LogP contribution in [0.3, 0.4) is 0 Å². The van der Waals surface area contributed by atoms with Crippen molar-refractivity contribution >= 4 is 10.2 Å². The van der Waals surface area contributed by atoms with Crippen molar-refractivity contribution in [3.05, 3.63) is 0 Å². The second-order valence-electron chi connectivity index (χ2n) is 7.89. The number of rotatable bonds is 10. The van der Waals surface area contributed by atoms with Crippen molar-refractivity contribution in [1.29, 1.82) is 0 Å². The molecule has 0 radical (unpaired) electrons. The van der Waals surface area contributed by atoms with Crippen molar-refractivity contribution in [1.82, 2.24) is 9.21 Å². The molecule has 2 fully saturated rings. The number of piperidine rings is 1. The van der Waals surface area contributed by atoms with E-state index in [9.17, 15) is 8.42 Å². The summed E-state index contributed by atoms with van der Waals surface area (Å²) < 4.78 is 25.1. The first kappa shape index (κ1) is 21.1. The largest absolute Gasteiger partial charge is 0.330 e. The molecule has 0 bridgehead atoms. The molecular weight excluding hydrogens is 336 g/mol. The van der Waals surface area contributed by atoms with Gasteiger partial charge in [-0.15, -0.1) is 0 Å². The fourth-order valence-corrected chi connectivity index (χ4v) is 5.50. The van der Waals surface area contributed by atoms with Gasteiger partial charge in [0.05, 0.1) is 0 Å². The lowest BCUT2D eigenvalue weighted by atomic mass is 9.89. The van der Waals surface area contributed by atoms with Gasteiger partial charge < -0.3 is 10.6 Å². The number of nitrogens with zero attached hydrogens (tertiary/aromatic N) is 2. The fraction of sp³-hybridized carbons (Fsp3) is 1.00. The zero-order valence-corrected chi connectivity index (χ0v) is 16.6. The normalized spacial score (nSPS) is 24.0. The SMILES string of the molecule is NCCCN(CCCC1CCCCN1S(N)(=O)=O)CC1CCCCC1. The zero-order chi connectivity index (χ0) is 18.1. The molecule has 2 aliphatic rings. The Hall–Kier alpha value is -0.210. The second-order valence-corrected chi connectivity index (χ2v) is 9.39. The van der Waals surface area contributed by atoms with E-state index in [4.69, 9.17) is 10.9 Å². The lowest BCUT2D eigenvalue weighted by molar-refractivity contribution is 0.183. The van der Waals surface area contributed by atoms with E-state index < -0.39 is 10.2 Å². The Balaban J connectivity index is 1.79. The molecule has 2 rings (SSSR count). The standard InChI is InChI=1S/C18H38N4O2S/c19-12-7-14-21(16-17-8-2-1-3-9-17)13-6-11-18-10-4-5-15-22(18)25(20,23)24/h17-18H,1-16,19H2,(H2,20,23,24). The number of hydrogen-bond acceptors (Lipinski definition) is 4. The molecule has 1 saturated carbocycles. The van der Waals surface area contributed by atoms with E-state index in [1.807, 2.05) is 0 Å². The van der Waals surface area contributed by atoms with Crippen molar-refractivity contribution in [2.24, 2.45) is 16.8 Å². The Labute approximate surface area is 154 Å². The molecule has 25 heavy (non-hydrogen) atoms. The molecule has 0 spiro atoms. The van der Waals surface area contributed by atoms with Gasteiger partial charge in [0.25, 0.3) is 10.2 Å². The minimum absolute atomic E-state index is 0.0924. The van der Waals surface area contributed by atoms with Gasteiger partial charge in [0, 0.05) is 19.1 Å². The van der Waals surface area contributed by atoms with Crippen LogP contribution in [0, 0.1) is 5.92 Å². The van der Waals surface area contributed by atoms with Gasteiger partial charge in [-0.05, 0) is 70.5 Å². The molecular formula is C18H38N4O2S. The van der Waals surface area contributed by atoms with Gasteiger partial charge in [0.2, 0.25) is 0 Å². The van der Waals surface area contributed by atoms with Gasteiger partial charge in [-0.2, -0.15) is 12.7 Å². The third kappa shape index (κ3) is 7.51. The maximum atomic E-state index is 11.8. The molecule has 0 aromatic heterocycles. The predicted octanol–water partition coefficient (Wildman–Crippen LogP) is 2.06. The van der Waals surface area contributed by atoms with E-state index in [0.717, 1.165) is 64.1 Å². The van der Waals surface area contributed by atoms with Crippen molar-refractivity contribution in [3.63, 3.8) is 0 Å². The maximum Gasteiger partial charge on any atom is 0.277 e. The van der Waals surface area contributed by atoms with Gasteiger partial charge >= 0.3 is 0 Å². The Morgan fingerprint density at radius 3 is 2.32 bits per heavy atom. The van der Waals surface area contributed by atoms with Gasteiger partial charge in [0.15, 0.2) is 0 Å². The summed E-state index contributed by atoms with van der Waals surface area (Å²) in [6, 6.07) is 0.0924. The Bertz CT molecular complexity index is 466. The molecule has 4 N–H and O–H groups in total. The van der Waals surface area contributed by atoms with E-state index >= 15 is 0 Å². The van der Waals surface area contributed by atoms with Gasteiger partial charge in [-0.1, -0.05) is 25.7 Å². The summed E-state index contributed by atoms with van der Waals surface area (Å²) in [4.78, 5) is 2.56. The number of nitrogens with two attached hydrogens (primary N) is 2. The van der Waals surface area contributed by atoms with Crippen LogP contribution in [-0.2, 0) is 10.2 Å². The minimum Gasteiger partial charge on any atom is -0.330 e. The summed E-state index contributed by atoms with van der Waals surface area (Å²) in [6.07, 6.45) is 12.8. The molecule has 1 unspecified atom stereocenters. The fourth-order valence-electron chi connectivity index (χ4n) is 4.49. The summed E-state index contributed by atoms with van der Waals surface area (Å²) in [7, 11) is -3.56. The zero-order valence-electron chi connectivity index (χ0n) is 15.7. The molecule has 148 valence electrons. The molecule has 1 heterocycles. The first-order chi connectivity index (χ1) is 12.0. The molecule has 7 heteroatoms. The van der Waals surface area contributed by atoms with Gasteiger partial charge in [0.1, 0.15) is 0 Å². The maximum absolute atomic E-state index is 11.8. The molecule has 0 aromatic carbocycles. The average Bonchev–Trinajstić information content (AvgIpc) is 2.60. The number of hydrogen-bond donors (Lipinski definition) is 2. The topological polar surface area (TPSA) is 92.7 Å². The van der Waals surface area contributed by atoms with Crippen LogP contribution >= 0.6 is 0 Å². The summed E-state index contributed by atoms with van der Waals surface area (Å²) >= 11 is 0. The second kappa shape index (κ2) is 10.8. The van der Waals surface area contributed by atoms with Crippen LogP contribution in [-0.4, -0.2) is 56.4 Å². The van der Waals surface area contributed by atoms with E-state index in [1.165, 1.54) is 43.0 Å². The molecule has 6 nitrogen and oxygen atoms in total. The van der Waals surface area contributed by atoms with Crippen LogP contribution < -0.4 is 10.9 Å². The molecule has 0 aromatic rings. The molecule has 1 saturated heterocycles. The molecule has 0 amide bonds. The molecule has 1 atom stereocenters. The van der Waals surface area contributed by atoms with Crippen LogP contribution in [0.15, 0.2) is 0 Å². The van der Waals surface area contributed by atoms with Crippen LogP contribution in [0.25, 0.3) is 0 Å². The van der Waals surface area contributed by atoms with Crippen LogP contribution in [0.5, 0.6) is 0 Å². The Morgan fingerprint density at radius 2 is 1.64 bits per heavy atom. The molecule has 1 aliphatic carbocycles. The van der Waals surface area contributed by atoms with Gasteiger partial charge in [-0.3, -0.25) is 0 Å². The highest BCUT2D eigenvalue weighted by Gasteiger charge is 2.29. The quantitative estimate of drug-likeness (QED) is 0.612. The van der Waals surface area contributed by atoms with Crippen molar-refractivity contribution in [2.75, 3.05) is 32.7 Å². The first-order valence-corrected chi connectivity index (χ1v) is 11.7. The van der Waals surface area contributed by atoms with Crippen molar-refractivity contribution in [2.45, 2.75) is 76.7 Å². The highest BCUT2D eigenvalue weighted by atomic mass is 32.2. The predicted molar refractivity (Wildman–Crippen MR) is 103 cm³/mol. The third-order valence-corrected chi connectivity index (χ3v) is 6.97. The minimum atomic E-state index is -3.56. The lowest BCUT2D eigenvalue weighted by Crippen LogP contribution is -2.47. The van der Waals surface area contributed by atoms with Gasteiger partial charge in [-0.25, -0.2) is 5.14 Å². The summed E-state index contributed by atoms with van der Waals surface area (Å²) in [5.74, 6) is 0.835. The molecule has 1 aliphatic heterocycles. The van der Waals surface area contributed by atoms with Crippen molar-refractivity contribution < 1.29 is 8.42 Å². The Kier molecular flexibility index (Phi) is 9.13. The lowest BCUT2D eigenvalue weighted by Gasteiger charge is -2.34. The average molecular weight is 375 g/mol.